The molecule has 2 aromatic rings. The van der Waals surface area contributed by atoms with E-state index in [0.29, 0.717) is 26.1 Å². The molecule has 106 valence electrons. The quantitative estimate of drug-likeness (QED) is 0.635. The molecule has 0 radical (unpaired) electrons. The number of rotatable bonds is 4. The fraction of sp³-hybridized carbons (Fsp3) is 0.294. The Labute approximate surface area is 124 Å². The average molecular weight is 279 g/mol. The van der Waals surface area contributed by atoms with Crippen LogP contribution in [0.15, 0.2) is 36.9 Å². The minimum atomic E-state index is 0.0956. The highest BCUT2D eigenvalue weighted by molar-refractivity contribution is 5.81. The number of fused-ring (bicyclic) bond motifs is 1. The number of likely N-dealkylation sites (tertiary alicyclic amines) is 1. The van der Waals surface area contributed by atoms with E-state index in [-0.39, 0.29) is 11.8 Å². The summed E-state index contributed by atoms with van der Waals surface area (Å²) in [6.45, 7) is 5.44. The molecule has 0 bridgehead atoms. The number of para-hydroxylation sites is 2. The van der Waals surface area contributed by atoms with E-state index in [0.717, 1.165) is 16.9 Å². The predicted molar refractivity (Wildman–Crippen MR) is 82.7 cm³/mol. The molecule has 0 unspecified atom stereocenters. The Balaban J connectivity index is 2.01. The molecule has 1 aliphatic rings. The number of aromatic nitrogens is 2. The number of benzene rings is 1. The molecular formula is C17H17N3O. The van der Waals surface area contributed by atoms with Gasteiger partial charge in [-0.1, -0.05) is 24.1 Å². The van der Waals surface area contributed by atoms with Gasteiger partial charge in [0.2, 0.25) is 5.91 Å². The summed E-state index contributed by atoms with van der Waals surface area (Å²) in [5.74, 6) is 3.84. The molecule has 0 saturated carbocycles. The maximum Gasteiger partial charge on any atom is 0.223 e. The van der Waals surface area contributed by atoms with E-state index in [2.05, 4.69) is 12.5 Å². The Morgan fingerprint density at radius 1 is 1.48 bits per heavy atom. The van der Waals surface area contributed by atoms with Gasteiger partial charge in [-0.25, -0.2) is 4.98 Å². The molecule has 4 nitrogen and oxygen atoms in total. The van der Waals surface area contributed by atoms with Gasteiger partial charge in [0.1, 0.15) is 5.82 Å². The van der Waals surface area contributed by atoms with E-state index >= 15 is 0 Å². The van der Waals surface area contributed by atoms with Crippen LogP contribution in [0.3, 0.4) is 0 Å². The Bertz CT molecular complexity index is 738. The van der Waals surface area contributed by atoms with Crippen molar-refractivity contribution < 1.29 is 4.79 Å². The van der Waals surface area contributed by atoms with Crippen molar-refractivity contribution in [2.24, 2.45) is 0 Å². The third-order valence-corrected chi connectivity index (χ3v) is 3.86. The number of carbonyl (C=O) groups excluding carboxylic acids is 1. The van der Waals surface area contributed by atoms with Gasteiger partial charge in [-0.05, 0) is 12.1 Å². The molecule has 1 atom stereocenters. The van der Waals surface area contributed by atoms with E-state index in [1.54, 1.807) is 6.08 Å². The first-order chi connectivity index (χ1) is 10.2. The van der Waals surface area contributed by atoms with E-state index in [1.165, 1.54) is 0 Å². The fourth-order valence-electron chi connectivity index (χ4n) is 2.94. The third-order valence-electron chi connectivity index (χ3n) is 3.86. The van der Waals surface area contributed by atoms with Crippen molar-refractivity contribution in [2.45, 2.75) is 18.9 Å². The van der Waals surface area contributed by atoms with Gasteiger partial charge >= 0.3 is 0 Å². The van der Waals surface area contributed by atoms with Crippen molar-refractivity contribution in [3.63, 3.8) is 0 Å². The van der Waals surface area contributed by atoms with Crippen molar-refractivity contribution >= 4 is 16.9 Å². The molecule has 0 aliphatic carbocycles. The maximum absolute atomic E-state index is 12.0. The zero-order valence-corrected chi connectivity index (χ0v) is 11.8. The first-order valence-electron chi connectivity index (χ1n) is 7.02. The molecule has 1 saturated heterocycles. The minimum Gasteiger partial charge on any atom is -0.338 e. The van der Waals surface area contributed by atoms with Gasteiger partial charge in [0.15, 0.2) is 0 Å². The monoisotopic (exact) mass is 279 g/mol. The Morgan fingerprint density at radius 3 is 3.05 bits per heavy atom. The molecule has 1 aromatic heterocycles. The number of carbonyl (C=O) groups is 1. The van der Waals surface area contributed by atoms with Gasteiger partial charge in [0.25, 0.3) is 0 Å². The van der Waals surface area contributed by atoms with Crippen LogP contribution in [0.25, 0.3) is 11.0 Å². The number of amides is 1. The molecule has 3 rings (SSSR count). The normalized spacial score (nSPS) is 18.1. The summed E-state index contributed by atoms with van der Waals surface area (Å²) in [7, 11) is 0. The van der Waals surface area contributed by atoms with Gasteiger partial charge in [-0.3, -0.25) is 4.79 Å². The summed E-state index contributed by atoms with van der Waals surface area (Å²) >= 11 is 0. The van der Waals surface area contributed by atoms with E-state index < -0.39 is 0 Å². The summed E-state index contributed by atoms with van der Waals surface area (Å²) in [5, 5.41) is 0. The number of terminal acetylenes is 1. The average Bonchev–Trinajstić information content (AvgIpc) is 3.02. The summed E-state index contributed by atoms with van der Waals surface area (Å²) in [6, 6.07) is 7.93. The van der Waals surface area contributed by atoms with Crippen LogP contribution in [-0.4, -0.2) is 33.4 Å². The van der Waals surface area contributed by atoms with Crippen molar-refractivity contribution in [1.82, 2.24) is 14.5 Å². The topological polar surface area (TPSA) is 38.1 Å². The molecule has 4 heteroatoms. The summed E-state index contributed by atoms with van der Waals surface area (Å²) in [6.07, 6.45) is 7.73. The first kappa shape index (κ1) is 13.4. The van der Waals surface area contributed by atoms with Crippen LogP contribution >= 0.6 is 0 Å². The van der Waals surface area contributed by atoms with E-state index in [9.17, 15) is 4.79 Å². The molecule has 0 spiro atoms. The predicted octanol–water partition coefficient (Wildman–Crippen LogP) is 2.17. The third kappa shape index (κ3) is 2.31. The van der Waals surface area contributed by atoms with Gasteiger partial charge in [-0.15, -0.1) is 13.0 Å². The second-order valence-corrected chi connectivity index (χ2v) is 5.24. The lowest BCUT2D eigenvalue weighted by Crippen LogP contribution is -2.25. The largest absolute Gasteiger partial charge is 0.338 e. The van der Waals surface area contributed by atoms with Gasteiger partial charge in [0, 0.05) is 25.4 Å². The van der Waals surface area contributed by atoms with Crippen LogP contribution in [0.2, 0.25) is 0 Å². The molecule has 21 heavy (non-hydrogen) atoms. The highest BCUT2D eigenvalue weighted by atomic mass is 16.2. The van der Waals surface area contributed by atoms with Gasteiger partial charge < -0.3 is 9.47 Å². The maximum atomic E-state index is 12.0. The number of nitrogens with zero attached hydrogens (tertiary/aromatic N) is 3. The smallest absolute Gasteiger partial charge is 0.223 e. The molecule has 2 heterocycles. The summed E-state index contributed by atoms with van der Waals surface area (Å²) in [5.41, 5.74) is 1.96. The highest BCUT2D eigenvalue weighted by Crippen LogP contribution is 2.30. The molecule has 1 fully saturated rings. The SMILES string of the molecule is C#CCn1c([C@@H]2CC(=O)N(CC=C)C2)nc2ccccc21. The van der Waals surface area contributed by atoms with Gasteiger partial charge in [0.05, 0.1) is 17.6 Å². The van der Waals surface area contributed by atoms with Crippen LogP contribution in [-0.2, 0) is 11.3 Å². The molecule has 0 N–H and O–H groups in total. The van der Waals surface area contributed by atoms with E-state index in [1.807, 2.05) is 33.7 Å². The zero-order valence-electron chi connectivity index (χ0n) is 11.8. The summed E-state index contributed by atoms with van der Waals surface area (Å²) < 4.78 is 2.05. The van der Waals surface area contributed by atoms with Crippen LogP contribution in [0, 0.1) is 12.3 Å². The molecular weight excluding hydrogens is 262 g/mol. The first-order valence-corrected chi connectivity index (χ1v) is 7.02. The van der Waals surface area contributed by atoms with Crippen LogP contribution in [0.5, 0.6) is 0 Å². The lowest BCUT2D eigenvalue weighted by atomic mass is 10.1. The second-order valence-electron chi connectivity index (χ2n) is 5.24. The van der Waals surface area contributed by atoms with Crippen molar-refractivity contribution in [3.05, 3.63) is 42.7 Å². The number of imidazole rings is 1. The highest BCUT2D eigenvalue weighted by Gasteiger charge is 2.33. The lowest BCUT2D eigenvalue weighted by molar-refractivity contribution is -0.127. The summed E-state index contributed by atoms with van der Waals surface area (Å²) in [4.78, 5) is 18.6. The number of hydrogen-bond donors (Lipinski definition) is 0. The zero-order chi connectivity index (χ0) is 14.8. The molecule has 1 amide bonds. The van der Waals surface area contributed by atoms with Crippen LogP contribution in [0.1, 0.15) is 18.2 Å². The Hall–Kier alpha value is -2.54. The van der Waals surface area contributed by atoms with Crippen LogP contribution in [0.4, 0.5) is 0 Å². The minimum absolute atomic E-state index is 0.0956. The fourth-order valence-corrected chi connectivity index (χ4v) is 2.94. The molecule has 1 aliphatic heterocycles. The Morgan fingerprint density at radius 2 is 2.29 bits per heavy atom. The van der Waals surface area contributed by atoms with Crippen molar-refractivity contribution in [1.29, 1.82) is 0 Å². The van der Waals surface area contributed by atoms with Crippen molar-refractivity contribution in [3.8, 4) is 12.3 Å². The molecule has 1 aromatic carbocycles. The Kier molecular flexibility index (Phi) is 3.49. The van der Waals surface area contributed by atoms with Crippen LogP contribution < -0.4 is 0 Å². The lowest BCUT2D eigenvalue weighted by Gasteiger charge is -2.14. The second kappa shape index (κ2) is 5.45. The number of hydrogen-bond acceptors (Lipinski definition) is 2. The van der Waals surface area contributed by atoms with Crippen molar-refractivity contribution in [2.75, 3.05) is 13.1 Å². The standard InChI is InChI=1S/C17H17N3O/c1-3-9-19-12-13(11-16(19)21)17-18-14-7-5-6-8-15(14)20(17)10-4-2/h2-3,5-8,13H,1,9-12H2/t13-/m1/s1. The van der Waals surface area contributed by atoms with Gasteiger partial charge in [-0.2, -0.15) is 0 Å². The van der Waals surface area contributed by atoms with E-state index in [4.69, 9.17) is 11.4 Å².